The molecule has 1 aliphatic heterocycles. The molecule has 0 unspecified atom stereocenters. The highest BCUT2D eigenvalue weighted by molar-refractivity contribution is 7.15. The Morgan fingerprint density at radius 2 is 2.00 bits per heavy atom. The third-order valence-corrected chi connectivity index (χ3v) is 5.97. The van der Waals surface area contributed by atoms with E-state index in [0.717, 1.165) is 43.8 Å². The summed E-state index contributed by atoms with van der Waals surface area (Å²) in [5.41, 5.74) is 0. The number of anilines is 1. The van der Waals surface area contributed by atoms with E-state index >= 15 is 0 Å². The topological polar surface area (TPSA) is 32.3 Å². The Morgan fingerprint density at radius 3 is 2.70 bits per heavy atom. The van der Waals surface area contributed by atoms with Crippen molar-refractivity contribution in [3.63, 3.8) is 0 Å². The van der Waals surface area contributed by atoms with Crippen LogP contribution in [0, 0.1) is 0 Å². The smallest absolute Gasteiger partial charge is 0.208 e. The van der Waals surface area contributed by atoms with E-state index < -0.39 is 0 Å². The van der Waals surface area contributed by atoms with Crippen LogP contribution in [0.2, 0.25) is 0 Å². The molecule has 2 fully saturated rings. The molecule has 20 heavy (non-hydrogen) atoms. The van der Waals surface area contributed by atoms with E-state index in [9.17, 15) is 0 Å². The Bertz CT molecular complexity index is 554. The van der Waals surface area contributed by atoms with Crippen LogP contribution in [-0.2, 0) is 6.54 Å². The summed E-state index contributed by atoms with van der Waals surface area (Å²) in [7, 11) is 0. The van der Waals surface area contributed by atoms with Gasteiger partial charge in [0.1, 0.15) is 5.01 Å². The SMILES string of the molecule is c1csc(CN2CCN(c3nnc(C4CC4)s3)CC2)c1. The molecular formula is C14H18N4S2. The van der Waals surface area contributed by atoms with Crippen LogP contribution in [0.25, 0.3) is 0 Å². The van der Waals surface area contributed by atoms with Gasteiger partial charge in [-0.3, -0.25) is 4.90 Å². The van der Waals surface area contributed by atoms with Crippen LogP contribution in [0.1, 0.15) is 28.6 Å². The molecule has 106 valence electrons. The fourth-order valence-corrected chi connectivity index (χ4v) is 4.38. The van der Waals surface area contributed by atoms with Gasteiger partial charge in [-0.1, -0.05) is 17.4 Å². The van der Waals surface area contributed by atoms with Gasteiger partial charge >= 0.3 is 0 Å². The van der Waals surface area contributed by atoms with Crippen molar-refractivity contribution in [1.82, 2.24) is 15.1 Å². The lowest BCUT2D eigenvalue weighted by Crippen LogP contribution is -2.45. The predicted octanol–water partition coefficient (Wildman–Crippen LogP) is 2.80. The number of hydrogen-bond acceptors (Lipinski definition) is 6. The first-order valence-electron chi connectivity index (χ1n) is 7.21. The lowest BCUT2D eigenvalue weighted by molar-refractivity contribution is 0.252. The largest absolute Gasteiger partial charge is 0.344 e. The van der Waals surface area contributed by atoms with Crippen molar-refractivity contribution in [2.45, 2.75) is 25.3 Å². The fraction of sp³-hybridized carbons (Fsp3) is 0.571. The molecule has 3 heterocycles. The molecule has 0 atom stereocenters. The van der Waals surface area contributed by atoms with E-state index in [-0.39, 0.29) is 0 Å². The maximum atomic E-state index is 4.38. The summed E-state index contributed by atoms with van der Waals surface area (Å²) in [4.78, 5) is 6.39. The molecule has 0 amide bonds. The molecule has 0 aromatic carbocycles. The first-order chi connectivity index (χ1) is 9.88. The molecule has 4 rings (SSSR count). The van der Waals surface area contributed by atoms with Crippen molar-refractivity contribution in [2.24, 2.45) is 0 Å². The van der Waals surface area contributed by atoms with Gasteiger partial charge in [-0.2, -0.15) is 0 Å². The van der Waals surface area contributed by atoms with Gasteiger partial charge in [-0.05, 0) is 24.3 Å². The Hall–Kier alpha value is -0.980. The second-order valence-electron chi connectivity index (χ2n) is 5.54. The third-order valence-electron chi connectivity index (χ3n) is 3.96. The predicted molar refractivity (Wildman–Crippen MR) is 83.7 cm³/mol. The Morgan fingerprint density at radius 1 is 1.15 bits per heavy atom. The van der Waals surface area contributed by atoms with E-state index in [0.29, 0.717) is 0 Å². The summed E-state index contributed by atoms with van der Waals surface area (Å²) in [6.07, 6.45) is 2.62. The molecule has 0 N–H and O–H groups in total. The van der Waals surface area contributed by atoms with Crippen LogP contribution in [0.5, 0.6) is 0 Å². The van der Waals surface area contributed by atoms with Crippen molar-refractivity contribution in [3.8, 4) is 0 Å². The van der Waals surface area contributed by atoms with Gasteiger partial charge in [-0.25, -0.2) is 0 Å². The van der Waals surface area contributed by atoms with Crippen LogP contribution >= 0.6 is 22.7 Å². The van der Waals surface area contributed by atoms with E-state index in [1.807, 2.05) is 11.3 Å². The second kappa shape index (κ2) is 5.42. The molecule has 4 nitrogen and oxygen atoms in total. The molecule has 0 spiro atoms. The van der Waals surface area contributed by atoms with E-state index in [2.05, 4.69) is 37.5 Å². The minimum Gasteiger partial charge on any atom is -0.344 e. The van der Waals surface area contributed by atoms with E-state index in [1.165, 1.54) is 22.7 Å². The molecule has 1 saturated carbocycles. The maximum absolute atomic E-state index is 4.38. The third kappa shape index (κ3) is 2.73. The zero-order chi connectivity index (χ0) is 13.4. The quantitative estimate of drug-likeness (QED) is 0.869. The normalized spacial score (nSPS) is 20.5. The Kier molecular flexibility index (Phi) is 3.45. The average molecular weight is 306 g/mol. The maximum Gasteiger partial charge on any atom is 0.208 e. The molecule has 0 bridgehead atoms. The number of rotatable bonds is 4. The molecule has 6 heteroatoms. The number of piperazine rings is 1. The Labute approximate surface area is 127 Å². The van der Waals surface area contributed by atoms with Crippen molar-refractivity contribution in [1.29, 1.82) is 0 Å². The van der Waals surface area contributed by atoms with Crippen molar-refractivity contribution in [3.05, 3.63) is 27.4 Å². The van der Waals surface area contributed by atoms with Crippen LogP contribution < -0.4 is 4.90 Å². The van der Waals surface area contributed by atoms with Gasteiger partial charge in [0.2, 0.25) is 5.13 Å². The van der Waals surface area contributed by atoms with Crippen molar-refractivity contribution in [2.75, 3.05) is 31.1 Å². The first kappa shape index (κ1) is 12.7. The number of aromatic nitrogens is 2. The highest BCUT2D eigenvalue weighted by atomic mass is 32.1. The average Bonchev–Trinajstić information content (AvgIpc) is 3.00. The van der Waals surface area contributed by atoms with Gasteiger partial charge in [0.25, 0.3) is 0 Å². The monoisotopic (exact) mass is 306 g/mol. The summed E-state index contributed by atoms with van der Waals surface area (Å²) in [5, 5.41) is 13.3. The molecule has 2 aromatic heterocycles. The second-order valence-corrected chi connectivity index (χ2v) is 7.56. The molecular weight excluding hydrogens is 288 g/mol. The van der Waals surface area contributed by atoms with Gasteiger partial charge in [0.15, 0.2) is 0 Å². The van der Waals surface area contributed by atoms with Crippen LogP contribution in [0.4, 0.5) is 5.13 Å². The van der Waals surface area contributed by atoms with Crippen molar-refractivity contribution < 1.29 is 0 Å². The number of nitrogens with zero attached hydrogens (tertiary/aromatic N) is 4. The fourth-order valence-electron chi connectivity index (χ4n) is 2.57. The number of thiophene rings is 1. The summed E-state index contributed by atoms with van der Waals surface area (Å²) in [6.45, 7) is 5.48. The highest BCUT2D eigenvalue weighted by Crippen LogP contribution is 2.42. The van der Waals surface area contributed by atoms with Gasteiger partial charge in [0.05, 0.1) is 0 Å². The summed E-state index contributed by atoms with van der Waals surface area (Å²) in [5.74, 6) is 0.723. The summed E-state index contributed by atoms with van der Waals surface area (Å²) in [6, 6.07) is 4.36. The minimum absolute atomic E-state index is 0.723. The summed E-state index contributed by atoms with van der Waals surface area (Å²) < 4.78 is 0. The Balaban J connectivity index is 1.34. The highest BCUT2D eigenvalue weighted by Gasteiger charge is 2.29. The van der Waals surface area contributed by atoms with Crippen LogP contribution in [0.15, 0.2) is 17.5 Å². The summed E-state index contributed by atoms with van der Waals surface area (Å²) >= 11 is 3.66. The molecule has 1 aliphatic carbocycles. The van der Waals surface area contributed by atoms with E-state index in [4.69, 9.17) is 0 Å². The standard InChI is InChI=1S/C14H18N4S2/c1-2-12(19-9-1)10-17-5-7-18(8-6-17)14-16-15-13(20-14)11-3-4-11/h1-2,9,11H,3-8,10H2. The molecule has 0 radical (unpaired) electrons. The van der Waals surface area contributed by atoms with Crippen molar-refractivity contribution >= 4 is 27.8 Å². The van der Waals surface area contributed by atoms with Gasteiger partial charge < -0.3 is 4.90 Å². The zero-order valence-corrected chi connectivity index (χ0v) is 13.0. The zero-order valence-electron chi connectivity index (χ0n) is 11.4. The van der Waals surface area contributed by atoms with E-state index in [1.54, 1.807) is 11.3 Å². The van der Waals surface area contributed by atoms with Crippen LogP contribution in [0.3, 0.4) is 0 Å². The molecule has 2 aliphatic rings. The lowest BCUT2D eigenvalue weighted by Gasteiger charge is -2.34. The van der Waals surface area contributed by atoms with Gasteiger partial charge in [0, 0.05) is 43.5 Å². The van der Waals surface area contributed by atoms with Crippen LogP contribution in [-0.4, -0.2) is 41.3 Å². The van der Waals surface area contributed by atoms with Gasteiger partial charge in [-0.15, -0.1) is 21.5 Å². The molecule has 1 saturated heterocycles. The molecule has 2 aromatic rings. The first-order valence-corrected chi connectivity index (χ1v) is 8.91. The minimum atomic E-state index is 0.723. The lowest BCUT2D eigenvalue weighted by atomic mass is 10.3. The number of hydrogen-bond donors (Lipinski definition) is 0.